The fourth-order valence-electron chi connectivity index (χ4n) is 2.54. The van der Waals surface area contributed by atoms with E-state index in [1.807, 2.05) is 0 Å². The van der Waals surface area contributed by atoms with Crippen LogP contribution in [0.4, 0.5) is 0 Å². The Labute approximate surface area is 157 Å². The van der Waals surface area contributed by atoms with E-state index in [1.165, 1.54) is 28.4 Å². The lowest BCUT2D eigenvalue weighted by Crippen LogP contribution is -2.12. The van der Waals surface area contributed by atoms with E-state index in [4.69, 9.17) is 18.9 Å². The van der Waals surface area contributed by atoms with E-state index in [9.17, 15) is 9.59 Å². The second-order valence-electron chi connectivity index (χ2n) is 5.54. The molecule has 0 spiro atoms. The normalized spacial score (nSPS) is 10.1. The van der Waals surface area contributed by atoms with Crippen molar-refractivity contribution >= 4 is 11.9 Å². The van der Waals surface area contributed by atoms with E-state index in [1.54, 1.807) is 36.4 Å². The first kappa shape index (κ1) is 20.1. The third-order valence-corrected chi connectivity index (χ3v) is 3.85. The summed E-state index contributed by atoms with van der Waals surface area (Å²) in [6.45, 7) is 0. The van der Waals surface area contributed by atoms with Gasteiger partial charge in [-0.15, -0.1) is 0 Å². The fraction of sp³-hybridized carbons (Fsp3) is 0.300. The summed E-state index contributed by atoms with van der Waals surface area (Å²) in [4.78, 5) is 23.6. The van der Waals surface area contributed by atoms with Crippen LogP contribution in [0.15, 0.2) is 36.4 Å². The van der Waals surface area contributed by atoms with Crippen molar-refractivity contribution in [1.82, 2.24) is 0 Å². The summed E-state index contributed by atoms with van der Waals surface area (Å²) in [6.07, 6.45) is 0.154. The fourth-order valence-corrected chi connectivity index (χ4v) is 2.54. The van der Waals surface area contributed by atoms with Crippen molar-refractivity contribution in [3.63, 3.8) is 0 Å². The summed E-state index contributed by atoms with van der Waals surface area (Å²) in [7, 11) is 5.85. The van der Waals surface area contributed by atoms with E-state index in [0.717, 1.165) is 5.56 Å². The molecule has 0 saturated heterocycles. The lowest BCUT2D eigenvalue weighted by molar-refractivity contribution is -0.139. The van der Waals surface area contributed by atoms with Gasteiger partial charge in [-0.3, -0.25) is 9.59 Å². The zero-order chi connectivity index (χ0) is 19.8. The van der Waals surface area contributed by atoms with Gasteiger partial charge in [0.05, 0.1) is 41.3 Å². The topological polar surface area (TPSA) is 80.3 Å². The molecule has 0 amide bonds. The number of hydrogen-bond acceptors (Lipinski definition) is 7. The van der Waals surface area contributed by atoms with E-state index < -0.39 is 5.97 Å². The molecular formula is C20H22O7. The third-order valence-electron chi connectivity index (χ3n) is 3.85. The van der Waals surface area contributed by atoms with Crippen molar-refractivity contribution in [2.24, 2.45) is 0 Å². The van der Waals surface area contributed by atoms with Crippen LogP contribution >= 0.6 is 0 Å². The molecule has 0 unspecified atom stereocenters. The maximum Gasteiger partial charge on any atom is 0.315 e. The van der Waals surface area contributed by atoms with Crippen LogP contribution in [0, 0.1) is 0 Å². The molecule has 2 aromatic rings. The number of ether oxygens (including phenoxy) is 5. The van der Waals surface area contributed by atoms with Gasteiger partial charge in [-0.1, -0.05) is 18.2 Å². The Bertz CT molecular complexity index is 797. The molecule has 0 atom stereocenters. The smallest absolute Gasteiger partial charge is 0.315 e. The van der Waals surface area contributed by atoms with Crippen molar-refractivity contribution in [1.29, 1.82) is 0 Å². The summed E-state index contributed by atoms with van der Waals surface area (Å²) < 4.78 is 25.9. The van der Waals surface area contributed by atoms with Gasteiger partial charge >= 0.3 is 11.9 Å². The van der Waals surface area contributed by atoms with E-state index in [2.05, 4.69) is 4.74 Å². The summed E-state index contributed by atoms with van der Waals surface area (Å²) in [5.41, 5.74) is 1.38. The molecular weight excluding hydrogens is 352 g/mol. The second kappa shape index (κ2) is 9.47. The van der Waals surface area contributed by atoms with Gasteiger partial charge in [0.1, 0.15) is 5.75 Å². The minimum Gasteiger partial charge on any atom is -0.493 e. The lowest BCUT2D eigenvalue weighted by Gasteiger charge is -2.15. The van der Waals surface area contributed by atoms with Gasteiger partial charge in [-0.05, 0) is 23.8 Å². The standard InChI is InChI=1S/C20H22O7/c1-23-16-10-7-14(19(25-3)20(16)26-4)12-18(22)27-15-8-5-13(6-9-15)11-17(21)24-2/h5-10H,11-12H2,1-4H3. The Hall–Kier alpha value is -3.22. The Balaban J connectivity index is 2.08. The molecule has 0 saturated carbocycles. The molecule has 0 aliphatic rings. The van der Waals surface area contributed by atoms with Gasteiger partial charge in [0.25, 0.3) is 0 Å². The average Bonchev–Trinajstić information content (AvgIpc) is 2.68. The predicted octanol–water partition coefficient (Wildman–Crippen LogP) is 2.58. The Morgan fingerprint density at radius 3 is 1.96 bits per heavy atom. The van der Waals surface area contributed by atoms with Crippen LogP contribution in [0.5, 0.6) is 23.0 Å². The molecule has 7 nitrogen and oxygen atoms in total. The number of methoxy groups -OCH3 is 4. The van der Waals surface area contributed by atoms with Gasteiger partial charge in [0.15, 0.2) is 11.5 Å². The summed E-state index contributed by atoms with van der Waals surface area (Å²) >= 11 is 0. The highest BCUT2D eigenvalue weighted by Gasteiger charge is 2.18. The van der Waals surface area contributed by atoms with E-state index in [-0.39, 0.29) is 18.8 Å². The van der Waals surface area contributed by atoms with Crippen molar-refractivity contribution in [3.8, 4) is 23.0 Å². The summed E-state index contributed by atoms with van der Waals surface area (Å²) in [5, 5.41) is 0. The zero-order valence-corrected chi connectivity index (χ0v) is 15.7. The Morgan fingerprint density at radius 1 is 0.741 bits per heavy atom. The maximum atomic E-state index is 12.3. The van der Waals surface area contributed by atoms with Crippen LogP contribution in [0.1, 0.15) is 11.1 Å². The van der Waals surface area contributed by atoms with Gasteiger partial charge in [-0.25, -0.2) is 0 Å². The first-order valence-corrected chi connectivity index (χ1v) is 8.16. The maximum absolute atomic E-state index is 12.3. The first-order valence-electron chi connectivity index (χ1n) is 8.16. The highest BCUT2D eigenvalue weighted by atomic mass is 16.5. The molecule has 0 fully saturated rings. The molecule has 0 radical (unpaired) electrons. The van der Waals surface area contributed by atoms with E-state index >= 15 is 0 Å². The lowest BCUT2D eigenvalue weighted by atomic mass is 10.1. The van der Waals surface area contributed by atoms with Crippen LogP contribution < -0.4 is 18.9 Å². The summed E-state index contributed by atoms with van der Waals surface area (Å²) in [5.74, 6) is 0.932. The van der Waals surface area contributed by atoms with Crippen LogP contribution in [-0.4, -0.2) is 40.4 Å². The highest BCUT2D eigenvalue weighted by molar-refractivity contribution is 5.77. The number of carbonyl (C=O) groups excluding carboxylic acids is 2. The number of rotatable bonds is 8. The van der Waals surface area contributed by atoms with Crippen molar-refractivity contribution in [2.45, 2.75) is 12.8 Å². The molecule has 0 aliphatic carbocycles. The van der Waals surface area contributed by atoms with Gasteiger partial charge in [0, 0.05) is 5.56 Å². The quantitative estimate of drug-likeness (QED) is 0.519. The molecule has 0 heterocycles. The molecule has 2 aromatic carbocycles. The first-order chi connectivity index (χ1) is 13.0. The molecule has 144 valence electrons. The van der Waals surface area contributed by atoms with Gasteiger partial charge < -0.3 is 23.7 Å². The minimum atomic E-state index is -0.457. The number of carbonyl (C=O) groups is 2. The third kappa shape index (κ3) is 5.13. The monoisotopic (exact) mass is 374 g/mol. The van der Waals surface area contributed by atoms with Crippen LogP contribution in [-0.2, 0) is 27.2 Å². The molecule has 0 aromatic heterocycles. The van der Waals surface area contributed by atoms with E-state index in [0.29, 0.717) is 28.6 Å². The van der Waals surface area contributed by atoms with Crippen LogP contribution in [0.3, 0.4) is 0 Å². The number of esters is 2. The molecule has 7 heteroatoms. The predicted molar refractivity (Wildman–Crippen MR) is 97.6 cm³/mol. The van der Waals surface area contributed by atoms with Crippen molar-refractivity contribution < 1.29 is 33.3 Å². The SMILES string of the molecule is COC(=O)Cc1ccc(OC(=O)Cc2ccc(OC)c(OC)c2OC)cc1. The van der Waals surface area contributed by atoms with Crippen LogP contribution in [0.2, 0.25) is 0 Å². The largest absolute Gasteiger partial charge is 0.493 e. The molecule has 0 N–H and O–H groups in total. The van der Waals surface area contributed by atoms with Crippen molar-refractivity contribution in [2.75, 3.05) is 28.4 Å². The number of benzene rings is 2. The molecule has 27 heavy (non-hydrogen) atoms. The Kier molecular flexibility index (Phi) is 7.05. The number of hydrogen-bond donors (Lipinski definition) is 0. The van der Waals surface area contributed by atoms with Gasteiger partial charge in [0.2, 0.25) is 5.75 Å². The zero-order valence-electron chi connectivity index (χ0n) is 15.7. The molecule has 2 rings (SSSR count). The van der Waals surface area contributed by atoms with Crippen molar-refractivity contribution in [3.05, 3.63) is 47.5 Å². The molecule has 0 aliphatic heterocycles. The summed E-state index contributed by atoms with van der Waals surface area (Å²) in [6, 6.07) is 10.1. The Morgan fingerprint density at radius 2 is 1.41 bits per heavy atom. The highest BCUT2D eigenvalue weighted by Crippen LogP contribution is 2.40. The average molecular weight is 374 g/mol. The second-order valence-corrected chi connectivity index (χ2v) is 5.54. The van der Waals surface area contributed by atoms with Gasteiger partial charge in [-0.2, -0.15) is 0 Å². The van der Waals surface area contributed by atoms with Crippen LogP contribution in [0.25, 0.3) is 0 Å². The molecule has 0 bridgehead atoms. The minimum absolute atomic E-state index is 0.00651.